The molecule has 0 aromatic heterocycles. The van der Waals surface area contributed by atoms with E-state index >= 15 is 0 Å². The van der Waals surface area contributed by atoms with Crippen molar-refractivity contribution in [1.82, 2.24) is 0 Å². The summed E-state index contributed by atoms with van der Waals surface area (Å²) in [6.07, 6.45) is 8.67. The van der Waals surface area contributed by atoms with Crippen molar-refractivity contribution in [3.05, 3.63) is 35.6 Å². The molecule has 1 aromatic carbocycles. The first-order chi connectivity index (χ1) is 8.72. The van der Waals surface area contributed by atoms with E-state index in [0.29, 0.717) is 6.42 Å². The molecule has 1 atom stereocenters. The molecule has 2 heteroatoms. The Morgan fingerprint density at radius 2 is 1.61 bits per heavy atom. The lowest BCUT2D eigenvalue weighted by Crippen LogP contribution is -2.10. The normalized spacial score (nSPS) is 12.6. The summed E-state index contributed by atoms with van der Waals surface area (Å²) in [5, 5.41) is 9.88. The van der Waals surface area contributed by atoms with Crippen molar-refractivity contribution in [3.8, 4) is 0 Å². The third-order valence-corrected chi connectivity index (χ3v) is 3.28. The number of hydrogen-bond acceptors (Lipinski definition) is 1. The van der Waals surface area contributed by atoms with E-state index in [9.17, 15) is 9.50 Å². The fraction of sp³-hybridized carbons (Fsp3) is 0.625. The highest BCUT2D eigenvalue weighted by Crippen LogP contribution is 2.12. The first-order valence-electron chi connectivity index (χ1n) is 7.15. The minimum absolute atomic E-state index is 0.218. The Kier molecular flexibility index (Phi) is 7.66. The number of aliphatic hydroxyl groups is 1. The molecule has 0 saturated heterocycles. The maximum absolute atomic E-state index is 12.7. The van der Waals surface area contributed by atoms with Gasteiger partial charge in [0.15, 0.2) is 0 Å². The zero-order valence-corrected chi connectivity index (χ0v) is 11.4. The Hall–Kier alpha value is -0.890. The van der Waals surface area contributed by atoms with Crippen molar-refractivity contribution in [2.24, 2.45) is 0 Å². The molecule has 0 fully saturated rings. The van der Waals surface area contributed by atoms with Crippen molar-refractivity contribution in [2.75, 3.05) is 0 Å². The molecule has 0 aliphatic carbocycles. The molecule has 18 heavy (non-hydrogen) atoms. The monoisotopic (exact) mass is 252 g/mol. The maximum Gasteiger partial charge on any atom is 0.123 e. The molecule has 0 aliphatic heterocycles. The summed E-state index contributed by atoms with van der Waals surface area (Å²) in [5.74, 6) is -0.218. The van der Waals surface area contributed by atoms with E-state index in [1.54, 1.807) is 12.1 Å². The van der Waals surface area contributed by atoms with Crippen LogP contribution in [0.5, 0.6) is 0 Å². The largest absolute Gasteiger partial charge is 0.393 e. The molecular weight excluding hydrogens is 227 g/mol. The van der Waals surface area contributed by atoms with E-state index < -0.39 is 0 Å². The van der Waals surface area contributed by atoms with Gasteiger partial charge in [0.05, 0.1) is 6.10 Å². The Labute approximate surface area is 110 Å². The van der Waals surface area contributed by atoms with Gasteiger partial charge in [0.1, 0.15) is 5.82 Å². The highest BCUT2D eigenvalue weighted by atomic mass is 19.1. The van der Waals surface area contributed by atoms with Crippen LogP contribution in [0, 0.1) is 5.82 Å². The lowest BCUT2D eigenvalue weighted by molar-refractivity contribution is 0.161. The van der Waals surface area contributed by atoms with Gasteiger partial charge in [-0.3, -0.25) is 0 Å². The van der Waals surface area contributed by atoms with Gasteiger partial charge in [-0.1, -0.05) is 57.6 Å². The van der Waals surface area contributed by atoms with Crippen LogP contribution < -0.4 is 0 Å². The molecule has 102 valence electrons. The van der Waals surface area contributed by atoms with Gasteiger partial charge in [-0.05, 0) is 30.5 Å². The molecule has 0 amide bonds. The number of rotatable bonds is 9. The zero-order chi connectivity index (χ0) is 13.2. The standard InChI is InChI=1S/C16H25FO/c1-2-3-4-5-6-7-8-16(18)13-14-9-11-15(17)12-10-14/h9-12,16,18H,2-8,13H2,1H3. The van der Waals surface area contributed by atoms with Crippen LogP contribution in [0.1, 0.15) is 57.4 Å². The van der Waals surface area contributed by atoms with Crippen molar-refractivity contribution in [3.63, 3.8) is 0 Å². The van der Waals surface area contributed by atoms with Gasteiger partial charge in [0, 0.05) is 0 Å². The van der Waals surface area contributed by atoms with E-state index in [1.165, 1.54) is 44.2 Å². The van der Waals surface area contributed by atoms with Crippen LogP contribution in [0.4, 0.5) is 4.39 Å². The van der Waals surface area contributed by atoms with Crippen LogP contribution >= 0.6 is 0 Å². The topological polar surface area (TPSA) is 20.2 Å². The molecule has 1 aromatic rings. The van der Waals surface area contributed by atoms with Crippen LogP contribution in [-0.2, 0) is 6.42 Å². The summed E-state index contributed by atoms with van der Waals surface area (Å²) in [6, 6.07) is 6.40. The Bertz CT molecular complexity index is 307. The van der Waals surface area contributed by atoms with Crippen molar-refractivity contribution < 1.29 is 9.50 Å². The van der Waals surface area contributed by atoms with Gasteiger partial charge in [-0.25, -0.2) is 4.39 Å². The van der Waals surface area contributed by atoms with Gasteiger partial charge in [0.25, 0.3) is 0 Å². The Morgan fingerprint density at radius 3 is 2.28 bits per heavy atom. The summed E-state index contributed by atoms with van der Waals surface area (Å²) < 4.78 is 12.7. The first-order valence-corrected chi connectivity index (χ1v) is 7.15. The molecule has 1 rings (SSSR count). The second kappa shape index (κ2) is 9.09. The average molecular weight is 252 g/mol. The second-order valence-corrected chi connectivity index (χ2v) is 5.04. The quantitative estimate of drug-likeness (QED) is 0.642. The third kappa shape index (κ3) is 6.75. The van der Waals surface area contributed by atoms with E-state index in [-0.39, 0.29) is 11.9 Å². The molecule has 0 heterocycles. The highest BCUT2D eigenvalue weighted by molar-refractivity contribution is 5.16. The van der Waals surface area contributed by atoms with Gasteiger partial charge >= 0.3 is 0 Å². The number of benzene rings is 1. The fourth-order valence-electron chi connectivity index (χ4n) is 2.15. The van der Waals surface area contributed by atoms with Crippen molar-refractivity contribution in [2.45, 2.75) is 64.4 Å². The van der Waals surface area contributed by atoms with E-state index in [0.717, 1.165) is 18.4 Å². The predicted molar refractivity (Wildman–Crippen MR) is 74.1 cm³/mol. The molecule has 1 unspecified atom stereocenters. The van der Waals surface area contributed by atoms with Crippen molar-refractivity contribution >= 4 is 0 Å². The maximum atomic E-state index is 12.7. The Morgan fingerprint density at radius 1 is 1.00 bits per heavy atom. The average Bonchev–Trinajstić information content (AvgIpc) is 2.36. The van der Waals surface area contributed by atoms with Gasteiger partial charge in [-0.15, -0.1) is 0 Å². The van der Waals surface area contributed by atoms with E-state index in [2.05, 4.69) is 6.92 Å². The lowest BCUT2D eigenvalue weighted by atomic mass is 10.0. The van der Waals surface area contributed by atoms with Crippen LogP contribution in [-0.4, -0.2) is 11.2 Å². The van der Waals surface area contributed by atoms with Crippen LogP contribution in [0.2, 0.25) is 0 Å². The van der Waals surface area contributed by atoms with Gasteiger partial charge < -0.3 is 5.11 Å². The molecule has 0 saturated carbocycles. The van der Waals surface area contributed by atoms with Gasteiger partial charge in [-0.2, -0.15) is 0 Å². The minimum atomic E-state index is -0.290. The first kappa shape index (κ1) is 15.2. The van der Waals surface area contributed by atoms with Gasteiger partial charge in [0.2, 0.25) is 0 Å². The summed E-state index contributed by atoms with van der Waals surface area (Å²) >= 11 is 0. The fourth-order valence-corrected chi connectivity index (χ4v) is 2.15. The number of unbranched alkanes of at least 4 members (excludes halogenated alkanes) is 5. The second-order valence-electron chi connectivity index (χ2n) is 5.04. The van der Waals surface area contributed by atoms with Crippen LogP contribution in [0.3, 0.4) is 0 Å². The van der Waals surface area contributed by atoms with Crippen LogP contribution in [0.25, 0.3) is 0 Å². The van der Waals surface area contributed by atoms with E-state index in [4.69, 9.17) is 0 Å². The number of hydrogen-bond donors (Lipinski definition) is 1. The summed E-state index contributed by atoms with van der Waals surface area (Å²) in [5.41, 5.74) is 1.01. The Balaban J connectivity index is 2.10. The number of halogens is 1. The van der Waals surface area contributed by atoms with Crippen molar-refractivity contribution in [1.29, 1.82) is 0 Å². The smallest absolute Gasteiger partial charge is 0.123 e. The summed E-state index contributed by atoms with van der Waals surface area (Å²) in [6.45, 7) is 2.21. The SMILES string of the molecule is CCCCCCCCC(O)Cc1ccc(F)cc1. The lowest BCUT2D eigenvalue weighted by Gasteiger charge is -2.10. The molecular formula is C16H25FO. The molecule has 1 N–H and O–H groups in total. The third-order valence-electron chi connectivity index (χ3n) is 3.28. The molecule has 0 spiro atoms. The molecule has 0 aliphatic rings. The van der Waals surface area contributed by atoms with E-state index in [1.807, 2.05) is 0 Å². The number of aliphatic hydroxyl groups excluding tert-OH is 1. The minimum Gasteiger partial charge on any atom is -0.393 e. The molecule has 0 bridgehead atoms. The summed E-state index contributed by atoms with van der Waals surface area (Å²) in [7, 11) is 0. The van der Waals surface area contributed by atoms with Crippen LogP contribution in [0.15, 0.2) is 24.3 Å². The zero-order valence-electron chi connectivity index (χ0n) is 11.4. The molecule has 1 nitrogen and oxygen atoms in total. The summed E-state index contributed by atoms with van der Waals surface area (Å²) in [4.78, 5) is 0. The highest BCUT2D eigenvalue weighted by Gasteiger charge is 2.05. The predicted octanol–water partition coefficient (Wildman–Crippen LogP) is 4.48. The molecule has 0 radical (unpaired) electrons.